The highest BCUT2D eigenvalue weighted by molar-refractivity contribution is 6.92. The van der Waals surface area contributed by atoms with E-state index in [1.54, 1.807) is 0 Å². The molecule has 0 radical (unpaired) electrons. The number of rotatable bonds is 3. The Morgan fingerprint density at radius 1 is 0.708 bits per heavy atom. The molecule has 0 aliphatic rings. The summed E-state index contributed by atoms with van der Waals surface area (Å²) in [6.45, 7) is 15.6. The highest BCUT2D eigenvalue weighted by Crippen LogP contribution is 2.12. The lowest BCUT2D eigenvalue weighted by Crippen LogP contribution is -2.46. The van der Waals surface area contributed by atoms with Crippen LogP contribution in [0.3, 0.4) is 0 Å². The highest BCUT2D eigenvalue weighted by atomic mass is 14.1. The van der Waals surface area contributed by atoms with Crippen LogP contribution in [-0.2, 0) is 0 Å². The first-order valence-electron chi connectivity index (χ1n) is 8.99. The van der Waals surface area contributed by atoms with Gasteiger partial charge in [0.1, 0.15) is 0 Å². The maximum Gasteiger partial charge on any atom is 0.297 e. The van der Waals surface area contributed by atoms with Crippen molar-refractivity contribution in [3.05, 3.63) is 57.6 Å². The molecular weight excluding hydrogens is 287 g/mol. The van der Waals surface area contributed by atoms with Crippen LogP contribution >= 0.6 is 0 Å². The summed E-state index contributed by atoms with van der Waals surface area (Å²) in [6, 6.07) is 9.15. The summed E-state index contributed by atoms with van der Waals surface area (Å²) in [5, 5.41) is 0. The third kappa shape index (κ3) is 3.93. The van der Waals surface area contributed by atoms with Crippen molar-refractivity contribution in [3.8, 4) is 11.7 Å². The fourth-order valence-corrected chi connectivity index (χ4v) is 3.88. The molecule has 1 heteroatoms. The van der Waals surface area contributed by atoms with E-state index >= 15 is 0 Å². The number of aryl methyl sites for hydroxylation is 6. The van der Waals surface area contributed by atoms with Gasteiger partial charge >= 0.3 is 0 Å². The average Bonchev–Trinajstić information content (AvgIpc) is 2.44. The summed E-state index contributed by atoms with van der Waals surface area (Å²) in [5.41, 5.74) is 10.8. The number of benzene rings is 2. The molecule has 0 aromatic heterocycles. The van der Waals surface area contributed by atoms with Crippen molar-refractivity contribution < 1.29 is 0 Å². The lowest BCUT2D eigenvalue weighted by molar-refractivity contribution is 0.984. The van der Waals surface area contributed by atoms with Gasteiger partial charge in [-0.05, 0) is 48.0 Å². The lowest BCUT2D eigenvalue weighted by Gasteiger charge is -2.20. The number of unbranched alkanes of at least 4 members (excludes halogenated alkanes) is 1. The van der Waals surface area contributed by atoms with Crippen LogP contribution in [0, 0.1) is 53.3 Å². The Bertz CT molecular complexity index is 699. The van der Waals surface area contributed by atoms with Crippen LogP contribution in [0.25, 0.3) is 0 Å². The summed E-state index contributed by atoms with van der Waals surface area (Å²) < 4.78 is 0. The van der Waals surface area contributed by atoms with Crippen molar-refractivity contribution in [2.75, 3.05) is 0 Å². The molecule has 24 heavy (non-hydrogen) atoms. The van der Waals surface area contributed by atoms with E-state index in [4.69, 9.17) is 0 Å². The minimum Gasteiger partial charge on any atom is -0.142 e. The molecule has 0 fully saturated rings. The maximum absolute atomic E-state index is 3.61. The van der Waals surface area contributed by atoms with Crippen molar-refractivity contribution in [2.45, 2.75) is 61.3 Å². The monoisotopic (exact) mass is 316 g/mol. The minimum atomic E-state index is 0.165. The van der Waals surface area contributed by atoms with Gasteiger partial charge in [0.15, 0.2) is 0 Å². The van der Waals surface area contributed by atoms with Gasteiger partial charge in [0.25, 0.3) is 6.71 Å². The van der Waals surface area contributed by atoms with E-state index in [0.29, 0.717) is 0 Å². The first-order chi connectivity index (χ1) is 11.3. The topological polar surface area (TPSA) is 0 Å². The molecule has 0 atom stereocenters. The SMILES string of the molecule is CCCC#CB(c1c(C)cc(C)cc1C)c1c(C)cc(C)cc1C. The molecule has 0 spiro atoms. The van der Waals surface area contributed by atoms with Crippen molar-refractivity contribution in [2.24, 2.45) is 0 Å². The molecule has 0 bridgehead atoms. The Balaban J connectivity index is 2.71. The Kier molecular flexibility index (Phi) is 5.95. The average molecular weight is 316 g/mol. The van der Waals surface area contributed by atoms with Gasteiger partial charge in [-0.1, -0.05) is 75.5 Å². The van der Waals surface area contributed by atoms with Gasteiger partial charge in [-0.3, -0.25) is 0 Å². The zero-order chi connectivity index (χ0) is 17.9. The lowest BCUT2D eigenvalue weighted by atomic mass is 9.38. The molecule has 2 aromatic rings. The van der Waals surface area contributed by atoms with Crippen LogP contribution in [0.1, 0.15) is 53.1 Å². The van der Waals surface area contributed by atoms with Crippen molar-refractivity contribution >= 4 is 17.6 Å². The van der Waals surface area contributed by atoms with E-state index in [-0.39, 0.29) is 6.71 Å². The first-order valence-corrected chi connectivity index (χ1v) is 8.99. The Hall–Kier alpha value is -1.94. The molecule has 0 aliphatic heterocycles. The van der Waals surface area contributed by atoms with E-state index in [0.717, 1.165) is 12.8 Å². The van der Waals surface area contributed by atoms with Gasteiger partial charge in [-0.25, -0.2) is 0 Å². The van der Waals surface area contributed by atoms with E-state index in [1.165, 1.54) is 44.3 Å². The van der Waals surface area contributed by atoms with Gasteiger partial charge in [0.05, 0.1) is 0 Å². The van der Waals surface area contributed by atoms with Crippen molar-refractivity contribution in [1.29, 1.82) is 0 Å². The largest absolute Gasteiger partial charge is 0.297 e. The van der Waals surface area contributed by atoms with Crippen LogP contribution < -0.4 is 10.9 Å². The molecule has 124 valence electrons. The second kappa shape index (κ2) is 7.76. The molecule has 2 rings (SSSR count). The van der Waals surface area contributed by atoms with Crippen molar-refractivity contribution in [1.82, 2.24) is 0 Å². The predicted octanol–water partition coefficient (Wildman–Crippen LogP) is 4.49. The van der Waals surface area contributed by atoms with Crippen molar-refractivity contribution in [3.63, 3.8) is 0 Å². The molecule has 0 N–H and O–H groups in total. The Morgan fingerprint density at radius 3 is 1.42 bits per heavy atom. The van der Waals surface area contributed by atoms with Gasteiger partial charge in [-0.15, -0.1) is 11.7 Å². The van der Waals surface area contributed by atoms with Gasteiger partial charge in [0.2, 0.25) is 0 Å². The van der Waals surface area contributed by atoms with Gasteiger partial charge in [-0.2, -0.15) is 0 Å². The standard InChI is InChI=1S/C23H29B/c1-8-9-10-11-24(22-18(4)12-16(2)13-19(22)5)23-20(6)14-17(3)15-21(23)7/h12-15H,8-9H2,1-7H3. The smallest absolute Gasteiger partial charge is 0.142 e. The van der Waals surface area contributed by atoms with Gasteiger partial charge in [0, 0.05) is 6.42 Å². The first kappa shape index (κ1) is 18.4. The van der Waals surface area contributed by atoms with E-state index in [9.17, 15) is 0 Å². The zero-order valence-corrected chi connectivity index (χ0v) is 16.3. The molecular formula is C23H29B. The second-order valence-corrected chi connectivity index (χ2v) is 7.13. The van der Waals surface area contributed by atoms with Crippen LogP contribution in [-0.4, -0.2) is 6.71 Å². The van der Waals surface area contributed by atoms with Crippen LogP contribution in [0.5, 0.6) is 0 Å². The highest BCUT2D eigenvalue weighted by Gasteiger charge is 2.25. The molecule has 0 amide bonds. The summed E-state index contributed by atoms with van der Waals surface area (Å²) in [6.07, 6.45) is 2.07. The zero-order valence-electron chi connectivity index (χ0n) is 16.3. The summed E-state index contributed by atoms with van der Waals surface area (Å²) in [7, 11) is 0. The molecule has 0 unspecified atom stereocenters. The predicted molar refractivity (Wildman–Crippen MR) is 109 cm³/mol. The summed E-state index contributed by atoms with van der Waals surface area (Å²) >= 11 is 0. The Labute approximate surface area is 148 Å². The number of hydrogen-bond acceptors (Lipinski definition) is 0. The molecule has 0 saturated heterocycles. The van der Waals surface area contributed by atoms with Crippen LogP contribution in [0.2, 0.25) is 0 Å². The molecule has 0 aliphatic carbocycles. The van der Waals surface area contributed by atoms with E-state index in [2.05, 4.69) is 84.5 Å². The Morgan fingerprint density at radius 2 is 1.08 bits per heavy atom. The number of hydrogen-bond donors (Lipinski definition) is 0. The third-order valence-corrected chi connectivity index (χ3v) is 4.67. The fraction of sp³-hybridized carbons (Fsp3) is 0.391. The van der Waals surface area contributed by atoms with E-state index < -0.39 is 0 Å². The summed E-state index contributed by atoms with van der Waals surface area (Å²) in [4.78, 5) is 0. The van der Waals surface area contributed by atoms with Crippen LogP contribution in [0.15, 0.2) is 24.3 Å². The maximum atomic E-state index is 3.61. The summed E-state index contributed by atoms with van der Waals surface area (Å²) in [5.74, 6) is 7.03. The molecule has 2 aromatic carbocycles. The third-order valence-electron chi connectivity index (χ3n) is 4.67. The molecule has 0 heterocycles. The normalized spacial score (nSPS) is 10.3. The molecule has 0 nitrogen and oxygen atoms in total. The van der Waals surface area contributed by atoms with Crippen LogP contribution in [0.4, 0.5) is 0 Å². The van der Waals surface area contributed by atoms with Gasteiger partial charge < -0.3 is 0 Å². The molecule has 0 saturated carbocycles. The quantitative estimate of drug-likeness (QED) is 0.578. The fourth-order valence-electron chi connectivity index (χ4n) is 3.88. The minimum absolute atomic E-state index is 0.165. The second-order valence-electron chi connectivity index (χ2n) is 7.13. The van der Waals surface area contributed by atoms with E-state index in [1.807, 2.05) is 0 Å².